The summed E-state index contributed by atoms with van der Waals surface area (Å²) in [6, 6.07) is 5.62. The molecule has 0 radical (unpaired) electrons. The van der Waals surface area contributed by atoms with E-state index in [4.69, 9.17) is 0 Å². The number of aromatic nitrogens is 2. The summed E-state index contributed by atoms with van der Waals surface area (Å²) >= 11 is 0. The van der Waals surface area contributed by atoms with E-state index in [0.29, 0.717) is 5.92 Å². The van der Waals surface area contributed by atoms with Crippen LogP contribution < -0.4 is 5.32 Å². The largest absolute Gasteiger partial charge is 0.508 e. The van der Waals surface area contributed by atoms with Crippen LogP contribution in [-0.4, -0.2) is 14.7 Å². The van der Waals surface area contributed by atoms with E-state index in [1.54, 1.807) is 18.5 Å². The molecule has 4 nitrogen and oxygen atoms in total. The molecule has 0 fully saturated rings. The van der Waals surface area contributed by atoms with Crippen molar-refractivity contribution in [3.05, 3.63) is 36.4 Å². The molecule has 1 atom stereocenters. The number of hydrogen-bond donors (Lipinski definition) is 2. The highest BCUT2D eigenvalue weighted by molar-refractivity contribution is 5.67. The molecule has 4 heteroatoms. The number of anilines is 1. The van der Waals surface area contributed by atoms with E-state index in [9.17, 15) is 5.11 Å². The third-order valence-corrected chi connectivity index (χ3v) is 3.20. The first-order chi connectivity index (χ1) is 8.16. The van der Waals surface area contributed by atoms with Gasteiger partial charge in [-0.1, -0.05) is 13.8 Å². The molecule has 17 heavy (non-hydrogen) atoms. The lowest BCUT2D eigenvalue weighted by Crippen LogP contribution is -2.24. The lowest BCUT2D eigenvalue weighted by Gasteiger charge is -2.31. The highest BCUT2D eigenvalue weighted by Crippen LogP contribution is 2.37. The minimum Gasteiger partial charge on any atom is -0.508 e. The lowest BCUT2D eigenvalue weighted by atomic mass is 9.98. The van der Waals surface area contributed by atoms with Crippen molar-refractivity contribution in [2.75, 3.05) is 5.32 Å². The highest BCUT2D eigenvalue weighted by Gasteiger charge is 2.26. The Hall–Kier alpha value is -1.97. The summed E-state index contributed by atoms with van der Waals surface area (Å²) in [5, 5.41) is 13.1. The summed E-state index contributed by atoms with van der Waals surface area (Å²) < 4.78 is 2.04. The Kier molecular flexibility index (Phi) is 2.11. The number of nitrogens with zero attached hydrogens (tertiary/aromatic N) is 2. The van der Waals surface area contributed by atoms with Gasteiger partial charge in [-0.2, -0.15) is 0 Å². The quantitative estimate of drug-likeness (QED) is 0.739. The van der Waals surface area contributed by atoms with Gasteiger partial charge in [0.1, 0.15) is 5.75 Å². The van der Waals surface area contributed by atoms with Gasteiger partial charge < -0.3 is 10.4 Å². The molecule has 1 aliphatic rings. The second-order valence-corrected chi connectivity index (χ2v) is 4.76. The molecule has 1 aromatic carbocycles. The third-order valence-electron chi connectivity index (χ3n) is 3.20. The van der Waals surface area contributed by atoms with E-state index in [0.717, 1.165) is 17.1 Å². The fraction of sp³-hybridized carbons (Fsp3) is 0.308. The van der Waals surface area contributed by atoms with E-state index < -0.39 is 0 Å². The van der Waals surface area contributed by atoms with Crippen LogP contribution in [-0.2, 0) is 0 Å². The normalized spacial score (nSPS) is 17.5. The van der Waals surface area contributed by atoms with Crippen molar-refractivity contribution in [2.24, 2.45) is 5.92 Å². The van der Waals surface area contributed by atoms with E-state index in [1.165, 1.54) is 0 Å². The molecule has 0 saturated carbocycles. The Bertz CT molecular complexity index is 560. The first-order valence-electron chi connectivity index (χ1n) is 5.79. The molecule has 2 aromatic rings. The molecule has 2 heterocycles. The number of imidazole rings is 1. The van der Waals surface area contributed by atoms with Crippen LogP contribution >= 0.6 is 0 Å². The predicted molar refractivity (Wildman–Crippen MR) is 66.4 cm³/mol. The maximum Gasteiger partial charge on any atom is 0.117 e. The molecule has 0 saturated heterocycles. The van der Waals surface area contributed by atoms with Crippen molar-refractivity contribution in [3.63, 3.8) is 0 Å². The summed E-state index contributed by atoms with van der Waals surface area (Å²) in [5.74, 6) is 0.751. The first-order valence-corrected chi connectivity index (χ1v) is 5.79. The van der Waals surface area contributed by atoms with Crippen molar-refractivity contribution >= 4 is 5.69 Å². The van der Waals surface area contributed by atoms with Crippen LogP contribution in [0, 0.1) is 5.92 Å². The average Bonchev–Trinajstić information content (AvgIpc) is 2.76. The number of phenolic OH excluding ortho intramolecular Hbond substituents is 1. The molecule has 1 aliphatic heterocycles. The molecule has 0 amide bonds. The van der Waals surface area contributed by atoms with Gasteiger partial charge >= 0.3 is 0 Å². The standard InChI is InChI=1S/C13H15N3O/c1-8(2)13-12-6-14-7-16(12)11-5-9(17)3-4-10(11)15-13/h3-8,13,15,17H,1-2H3/t13-/m0/s1. The Morgan fingerprint density at radius 2 is 2.24 bits per heavy atom. The number of rotatable bonds is 1. The average molecular weight is 229 g/mol. The van der Waals surface area contributed by atoms with Gasteiger partial charge in [0.2, 0.25) is 0 Å². The van der Waals surface area contributed by atoms with Crippen LogP contribution in [0.1, 0.15) is 25.6 Å². The molecule has 0 aliphatic carbocycles. The maximum absolute atomic E-state index is 9.56. The topological polar surface area (TPSA) is 50.1 Å². The minimum absolute atomic E-state index is 0.259. The third kappa shape index (κ3) is 1.48. The van der Waals surface area contributed by atoms with Gasteiger partial charge in [-0.05, 0) is 18.1 Å². The van der Waals surface area contributed by atoms with Crippen molar-refractivity contribution in [1.29, 1.82) is 0 Å². The van der Waals surface area contributed by atoms with Crippen molar-refractivity contribution in [1.82, 2.24) is 9.55 Å². The van der Waals surface area contributed by atoms with Gasteiger partial charge in [-0.3, -0.25) is 4.57 Å². The number of hydrogen-bond acceptors (Lipinski definition) is 3. The molecule has 3 rings (SSSR count). The molecule has 0 unspecified atom stereocenters. The minimum atomic E-state index is 0.259. The number of phenols is 1. The summed E-state index contributed by atoms with van der Waals surface area (Å²) in [7, 11) is 0. The molecule has 0 spiro atoms. The fourth-order valence-corrected chi connectivity index (χ4v) is 2.33. The molecule has 2 N–H and O–H groups in total. The van der Waals surface area contributed by atoms with Crippen LogP contribution in [0.25, 0.3) is 5.69 Å². The summed E-state index contributed by atoms with van der Waals surface area (Å²) in [4.78, 5) is 4.21. The van der Waals surface area contributed by atoms with Gasteiger partial charge in [0.15, 0.2) is 0 Å². The zero-order chi connectivity index (χ0) is 12.0. The van der Waals surface area contributed by atoms with E-state index in [2.05, 4.69) is 24.1 Å². The summed E-state index contributed by atoms with van der Waals surface area (Å²) in [6.07, 6.45) is 3.68. The fourth-order valence-electron chi connectivity index (χ4n) is 2.33. The van der Waals surface area contributed by atoms with Crippen LogP contribution in [0.3, 0.4) is 0 Å². The number of fused-ring (bicyclic) bond motifs is 3. The van der Waals surface area contributed by atoms with Crippen LogP contribution in [0.2, 0.25) is 0 Å². The van der Waals surface area contributed by atoms with Crippen LogP contribution in [0.15, 0.2) is 30.7 Å². The number of nitrogens with one attached hydrogen (secondary N) is 1. The molecule has 0 bridgehead atoms. The summed E-state index contributed by atoms with van der Waals surface area (Å²) in [5.41, 5.74) is 3.12. The highest BCUT2D eigenvalue weighted by atomic mass is 16.3. The Morgan fingerprint density at radius 1 is 1.41 bits per heavy atom. The van der Waals surface area contributed by atoms with Crippen molar-refractivity contribution in [2.45, 2.75) is 19.9 Å². The van der Waals surface area contributed by atoms with Crippen molar-refractivity contribution < 1.29 is 5.11 Å². The number of aromatic hydroxyl groups is 1. The Morgan fingerprint density at radius 3 is 3.00 bits per heavy atom. The first kappa shape index (κ1) is 10.2. The van der Waals surface area contributed by atoms with E-state index in [-0.39, 0.29) is 11.8 Å². The predicted octanol–water partition coefficient (Wildman–Crippen LogP) is 2.70. The maximum atomic E-state index is 9.56. The molecule has 1 aromatic heterocycles. The van der Waals surface area contributed by atoms with E-state index >= 15 is 0 Å². The Labute approximate surface area is 99.9 Å². The van der Waals surface area contributed by atoms with Gasteiger partial charge in [-0.15, -0.1) is 0 Å². The molecular formula is C13H15N3O. The zero-order valence-corrected chi connectivity index (χ0v) is 9.88. The van der Waals surface area contributed by atoms with Gasteiger partial charge in [-0.25, -0.2) is 4.98 Å². The smallest absolute Gasteiger partial charge is 0.117 e. The second-order valence-electron chi connectivity index (χ2n) is 4.76. The van der Waals surface area contributed by atoms with E-state index in [1.807, 2.05) is 16.8 Å². The SMILES string of the molecule is CC(C)[C@@H]1Nc2ccc(O)cc2-n2cncc21. The van der Waals surface area contributed by atoms with Gasteiger partial charge in [0.25, 0.3) is 0 Å². The molecular weight excluding hydrogens is 214 g/mol. The summed E-state index contributed by atoms with van der Waals surface area (Å²) in [6.45, 7) is 4.36. The second kappa shape index (κ2) is 3.52. The zero-order valence-electron chi connectivity index (χ0n) is 9.88. The van der Waals surface area contributed by atoms with Crippen LogP contribution in [0.4, 0.5) is 5.69 Å². The Balaban J connectivity index is 2.20. The van der Waals surface area contributed by atoms with Crippen molar-refractivity contribution in [3.8, 4) is 11.4 Å². The monoisotopic (exact) mass is 229 g/mol. The number of benzene rings is 1. The van der Waals surface area contributed by atoms with Gasteiger partial charge in [0, 0.05) is 6.07 Å². The van der Waals surface area contributed by atoms with Crippen LogP contribution in [0.5, 0.6) is 5.75 Å². The lowest BCUT2D eigenvalue weighted by molar-refractivity contribution is 0.473. The molecule has 88 valence electrons. The van der Waals surface area contributed by atoms with Gasteiger partial charge in [0.05, 0.1) is 35.6 Å².